The summed E-state index contributed by atoms with van der Waals surface area (Å²) in [5, 5.41) is 6.10. The van der Waals surface area contributed by atoms with Gasteiger partial charge in [-0.05, 0) is 31.4 Å². The zero-order valence-corrected chi connectivity index (χ0v) is 13.4. The zero-order valence-electron chi connectivity index (χ0n) is 13.4. The fraction of sp³-hybridized carbons (Fsp3) is 0.529. The maximum Gasteiger partial charge on any atom is 0.328 e. The predicted molar refractivity (Wildman–Crippen MR) is 84.1 cm³/mol. The van der Waals surface area contributed by atoms with E-state index >= 15 is 0 Å². The second-order valence-corrected chi connectivity index (χ2v) is 5.85. The van der Waals surface area contributed by atoms with Crippen LogP contribution in [0.25, 0.3) is 0 Å². The van der Waals surface area contributed by atoms with Crippen LogP contribution >= 0.6 is 0 Å². The van der Waals surface area contributed by atoms with Crippen molar-refractivity contribution in [2.45, 2.75) is 58.3 Å². The van der Waals surface area contributed by atoms with Crippen molar-refractivity contribution >= 4 is 11.9 Å². The first kappa shape index (κ1) is 16.5. The van der Waals surface area contributed by atoms with Gasteiger partial charge in [-0.15, -0.1) is 0 Å². The average molecular weight is 304 g/mol. The Bertz CT molecular complexity index is 542. The van der Waals surface area contributed by atoms with Crippen LogP contribution in [-0.2, 0) is 20.9 Å². The predicted octanol–water partition coefficient (Wildman–Crippen LogP) is 2.07. The number of hydrogen-bond acceptors (Lipinski definition) is 4. The molecule has 1 aromatic rings. The molecule has 1 heterocycles. The molecule has 1 aromatic carbocycles. The monoisotopic (exact) mass is 304 g/mol. The minimum Gasteiger partial charge on any atom is -0.461 e. The number of nitrogens with one attached hydrogen (secondary N) is 2. The van der Waals surface area contributed by atoms with Crippen molar-refractivity contribution in [1.29, 1.82) is 0 Å². The Morgan fingerprint density at radius 1 is 1.36 bits per heavy atom. The van der Waals surface area contributed by atoms with E-state index in [0.717, 1.165) is 12.1 Å². The van der Waals surface area contributed by atoms with Crippen LogP contribution in [0.1, 0.15) is 50.8 Å². The summed E-state index contributed by atoms with van der Waals surface area (Å²) in [6.45, 7) is 6.23. The summed E-state index contributed by atoms with van der Waals surface area (Å²) >= 11 is 0. The highest BCUT2D eigenvalue weighted by Gasteiger charge is 2.26. The molecule has 2 atom stereocenters. The molecule has 0 fully saturated rings. The molecule has 0 spiro atoms. The van der Waals surface area contributed by atoms with Gasteiger partial charge in [-0.25, -0.2) is 4.79 Å². The molecule has 120 valence electrons. The van der Waals surface area contributed by atoms with Gasteiger partial charge in [-0.2, -0.15) is 0 Å². The van der Waals surface area contributed by atoms with Crippen LogP contribution in [0, 0.1) is 0 Å². The summed E-state index contributed by atoms with van der Waals surface area (Å²) in [6.07, 6.45) is 0.663. The third-order valence-electron chi connectivity index (χ3n) is 3.74. The lowest BCUT2D eigenvalue weighted by Gasteiger charge is -2.19. The molecule has 0 saturated carbocycles. The highest BCUT2D eigenvalue weighted by molar-refractivity contribution is 5.84. The van der Waals surface area contributed by atoms with Crippen molar-refractivity contribution in [3.8, 4) is 0 Å². The van der Waals surface area contributed by atoms with E-state index in [0.29, 0.717) is 12.8 Å². The molecule has 1 amide bonds. The fourth-order valence-corrected chi connectivity index (χ4v) is 2.64. The Morgan fingerprint density at radius 3 is 2.77 bits per heavy atom. The van der Waals surface area contributed by atoms with Crippen LogP contribution in [0.4, 0.5) is 0 Å². The summed E-state index contributed by atoms with van der Waals surface area (Å²) in [6, 6.07) is 7.51. The second kappa shape index (κ2) is 7.40. The molecule has 0 aliphatic carbocycles. The molecule has 0 bridgehead atoms. The van der Waals surface area contributed by atoms with Crippen molar-refractivity contribution < 1.29 is 14.3 Å². The largest absolute Gasteiger partial charge is 0.461 e. The quantitative estimate of drug-likeness (QED) is 0.790. The van der Waals surface area contributed by atoms with E-state index in [1.165, 1.54) is 5.56 Å². The van der Waals surface area contributed by atoms with Crippen LogP contribution in [0.15, 0.2) is 24.3 Å². The number of benzene rings is 1. The van der Waals surface area contributed by atoms with Crippen LogP contribution < -0.4 is 10.6 Å². The summed E-state index contributed by atoms with van der Waals surface area (Å²) in [5.41, 5.74) is 2.39. The molecule has 0 saturated heterocycles. The van der Waals surface area contributed by atoms with E-state index in [1.54, 1.807) is 13.8 Å². The summed E-state index contributed by atoms with van der Waals surface area (Å²) < 4.78 is 5.16. The minimum atomic E-state index is -0.577. The number of hydrogen-bond donors (Lipinski definition) is 2. The normalized spacial score (nSPS) is 17.9. The first-order valence-electron chi connectivity index (χ1n) is 7.82. The lowest BCUT2D eigenvalue weighted by molar-refractivity contribution is -0.151. The second-order valence-electron chi connectivity index (χ2n) is 5.85. The first-order chi connectivity index (χ1) is 10.5. The SMILES string of the molecule is CC[C@H](NC(=O)CC1NCc2ccccc21)C(=O)OC(C)C. The molecule has 1 unspecified atom stereocenters. The Kier molecular flexibility index (Phi) is 5.55. The van der Waals surface area contributed by atoms with E-state index in [1.807, 2.05) is 25.1 Å². The molecule has 1 aliphatic rings. The lowest BCUT2D eigenvalue weighted by atomic mass is 10.0. The molecule has 0 aromatic heterocycles. The Labute approximate surface area is 131 Å². The Balaban J connectivity index is 1.91. The van der Waals surface area contributed by atoms with Gasteiger partial charge in [0.15, 0.2) is 0 Å². The van der Waals surface area contributed by atoms with Gasteiger partial charge in [-0.3, -0.25) is 4.79 Å². The lowest BCUT2D eigenvalue weighted by Crippen LogP contribution is -2.42. The van der Waals surface area contributed by atoms with Gasteiger partial charge < -0.3 is 15.4 Å². The van der Waals surface area contributed by atoms with E-state index in [9.17, 15) is 9.59 Å². The zero-order chi connectivity index (χ0) is 16.1. The maximum atomic E-state index is 12.2. The summed E-state index contributed by atoms with van der Waals surface area (Å²) in [4.78, 5) is 24.1. The number of amides is 1. The van der Waals surface area contributed by atoms with E-state index in [4.69, 9.17) is 4.74 Å². The van der Waals surface area contributed by atoms with Crippen LogP contribution in [0.3, 0.4) is 0 Å². The standard InChI is InChI=1S/C17H24N2O3/c1-4-14(17(21)22-11(2)3)19-16(20)9-15-13-8-6-5-7-12(13)10-18-15/h5-8,11,14-15,18H,4,9-10H2,1-3H3,(H,19,20)/t14-,15?/m0/s1. The minimum absolute atomic E-state index is 0.00910. The smallest absolute Gasteiger partial charge is 0.328 e. The Hall–Kier alpha value is -1.88. The topological polar surface area (TPSA) is 67.4 Å². The highest BCUT2D eigenvalue weighted by atomic mass is 16.5. The number of rotatable bonds is 6. The van der Waals surface area contributed by atoms with E-state index < -0.39 is 6.04 Å². The van der Waals surface area contributed by atoms with Crippen molar-refractivity contribution in [2.24, 2.45) is 0 Å². The van der Waals surface area contributed by atoms with Gasteiger partial charge in [0.1, 0.15) is 6.04 Å². The van der Waals surface area contributed by atoms with Crippen LogP contribution in [-0.4, -0.2) is 24.0 Å². The molecule has 1 aliphatic heterocycles. The highest BCUT2D eigenvalue weighted by Crippen LogP contribution is 2.27. The average Bonchev–Trinajstić information content (AvgIpc) is 2.87. The summed E-state index contributed by atoms with van der Waals surface area (Å²) in [7, 11) is 0. The van der Waals surface area contributed by atoms with Crippen molar-refractivity contribution in [3.05, 3.63) is 35.4 Å². The van der Waals surface area contributed by atoms with Gasteiger partial charge in [0, 0.05) is 19.0 Å². The molecule has 5 heteroatoms. The van der Waals surface area contributed by atoms with Gasteiger partial charge in [0.25, 0.3) is 0 Å². The van der Waals surface area contributed by atoms with E-state index in [-0.39, 0.29) is 24.0 Å². The van der Waals surface area contributed by atoms with Crippen LogP contribution in [0.5, 0.6) is 0 Å². The maximum absolute atomic E-state index is 12.2. The third kappa shape index (κ3) is 4.07. The van der Waals surface area contributed by atoms with Crippen LogP contribution in [0.2, 0.25) is 0 Å². The van der Waals surface area contributed by atoms with Gasteiger partial charge >= 0.3 is 5.97 Å². The van der Waals surface area contributed by atoms with E-state index in [2.05, 4.69) is 16.7 Å². The molecule has 0 radical (unpaired) electrons. The summed E-state index contributed by atoms with van der Waals surface area (Å²) in [5.74, 6) is -0.507. The number of ether oxygens (including phenoxy) is 1. The molecular formula is C17H24N2O3. The Morgan fingerprint density at radius 2 is 2.09 bits per heavy atom. The molecular weight excluding hydrogens is 280 g/mol. The number of carbonyl (C=O) groups excluding carboxylic acids is 2. The molecule has 5 nitrogen and oxygen atoms in total. The fourth-order valence-electron chi connectivity index (χ4n) is 2.64. The molecule has 2 N–H and O–H groups in total. The van der Waals surface area contributed by atoms with Crippen molar-refractivity contribution in [2.75, 3.05) is 0 Å². The third-order valence-corrected chi connectivity index (χ3v) is 3.74. The molecule has 22 heavy (non-hydrogen) atoms. The van der Waals surface area contributed by atoms with Crippen molar-refractivity contribution in [1.82, 2.24) is 10.6 Å². The number of esters is 1. The van der Waals surface area contributed by atoms with Gasteiger partial charge in [0.2, 0.25) is 5.91 Å². The number of carbonyl (C=O) groups is 2. The first-order valence-corrected chi connectivity index (χ1v) is 7.82. The van der Waals surface area contributed by atoms with Crippen molar-refractivity contribution in [3.63, 3.8) is 0 Å². The number of fused-ring (bicyclic) bond motifs is 1. The van der Waals surface area contributed by atoms with Gasteiger partial charge in [0.05, 0.1) is 6.10 Å². The van der Waals surface area contributed by atoms with Gasteiger partial charge in [-0.1, -0.05) is 31.2 Å². The molecule has 2 rings (SSSR count).